The van der Waals surface area contributed by atoms with Gasteiger partial charge in [-0.15, -0.1) is 0 Å². The van der Waals surface area contributed by atoms with Crippen LogP contribution in [0.25, 0.3) is 5.69 Å². The topological polar surface area (TPSA) is 68.2 Å². The molecule has 0 radical (unpaired) electrons. The van der Waals surface area contributed by atoms with E-state index in [1.807, 2.05) is 38.1 Å². The molecule has 0 aliphatic carbocycles. The molecule has 29 heavy (non-hydrogen) atoms. The number of hydrogen-bond donors (Lipinski definition) is 2. The Morgan fingerprint density at radius 3 is 2.66 bits per heavy atom. The van der Waals surface area contributed by atoms with Crippen molar-refractivity contribution >= 4 is 5.91 Å². The Balaban J connectivity index is 1.56. The van der Waals surface area contributed by atoms with E-state index in [1.54, 1.807) is 30.1 Å². The van der Waals surface area contributed by atoms with E-state index in [2.05, 4.69) is 15.7 Å². The van der Waals surface area contributed by atoms with E-state index in [0.717, 1.165) is 28.3 Å². The molecule has 0 aliphatic rings. The molecule has 0 bridgehead atoms. The third-order valence-electron chi connectivity index (χ3n) is 4.82. The average Bonchev–Trinajstić information content (AvgIpc) is 3.12. The van der Waals surface area contributed by atoms with Gasteiger partial charge in [-0.05, 0) is 44.2 Å². The number of carbonyl (C=O) groups excluding carboxylic acids is 1. The average molecular weight is 396 g/mol. The number of rotatable bonds is 8. The van der Waals surface area contributed by atoms with Crippen molar-refractivity contribution in [2.24, 2.45) is 0 Å². The minimum Gasteiger partial charge on any atom is -0.496 e. The number of aromatic nitrogens is 2. The summed E-state index contributed by atoms with van der Waals surface area (Å²) in [5.41, 5.74) is 3.63. The second kappa shape index (κ2) is 9.34. The number of methoxy groups -OCH3 is 1. The molecule has 1 heterocycles. The standard InChI is InChI=1S/C22H25FN4O2/c1-15(20-13-26-27(16(20)2)19-10-8-18(23)9-11-19)24-14-22(28)25-12-17-6-4-5-7-21(17)29-3/h4-11,13,15,24H,12,14H2,1-3H3,(H,25,28)/t15-/m0/s1. The third-order valence-corrected chi connectivity index (χ3v) is 4.82. The number of ether oxygens (including phenoxy) is 1. The molecule has 6 nitrogen and oxygen atoms in total. The minimum absolute atomic E-state index is 0.0683. The van der Waals surface area contributed by atoms with E-state index >= 15 is 0 Å². The summed E-state index contributed by atoms with van der Waals surface area (Å²) >= 11 is 0. The fraction of sp³-hybridized carbons (Fsp3) is 0.273. The first-order valence-electron chi connectivity index (χ1n) is 9.42. The lowest BCUT2D eigenvalue weighted by Gasteiger charge is -2.15. The summed E-state index contributed by atoms with van der Waals surface area (Å²) in [7, 11) is 1.61. The molecule has 0 fully saturated rings. The van der Waals surface area contributed by atoms with Crippen LogP contribution in [0.4, 0.5) is 4.39 Å². The summed E-state index contributed by atoms with van der Waals surface area (Å²) in [5.74, 6) is 0.359. The van der Waals surface area contributed by atoms with Gasteiger partial charge in [0.2, 0.25) is 5.91 Å². The lowest BCUT2D eigenvalue weighted by molar-refractivity contribution is -0.120. The maximum absolute atomic E-state index is 13.1. The molecule has 2 aromatic carbocycles. The van der Waals surface area contributed by atoms with Crippen LogP contribution in [0.2, 0.25) is 0 Å². The summed E-state index contributed by atoms with van der Waals surface area (Å²) in [4.78, 5) is 12.2. The zero-order chi connectivity index (χ0) is 20.8. The molecule has 152 valence electrons. The van der Waals surface area contributed by atoms with Gasteiger partial charge in [-0.1, -0.05) is 18.2 Å². The molecule has 3 rings (SSSR count). The highest BCUT2D eigenvalue weighted by Crippen LogP contribution is 2.20. The monoisotopic (exact) mass is 396 g/mol. The molecule has 1 atom stereocenters. The van der Waals surface area contributed by atoms with Gasteiger partial charge in [0, 0.05) is 29.4 Å². The second-order valence-corrected chi connectivity index (χ2v) is 6.76. The van der Waals surface area contributed by atoms with Crippen LogP contribution >= 0.6 is 0 Å². The Hall–Kier alpha value is -3.19. The van der Waals surface area contributed by atoms with Gasteiger partial charge in [0.15, 0.2) is 0 Å². The van der Waals surface area contributed by atoms with Crippen LogP contribution in [0.15, 0.2) is 54.7 Å². The molecular formula is C22H25FN4O2. The number of carbonyl (C=O) groups is 1. The van der Waals surface area contributed by atoms with E-state index in [4.69, 9.17) is 4.74 Å². The number of para-hydroxylation sites is 1. The Kier molecular flexibility index (Phi) is 6.61. The first kappa shape index (κ1) is 20.5. The fourth-order valence-electron chi connectivity index (χ4n) is 3.15. The first-order chi connectivity index (χ1) is 14.0. The number of amides is 1. The van der Waals surface area contributed by atoms with Gasteiger partial charge < -0.3 is 15.4 Å². The molecule has 2 N–H and O–H groups in total. The van der Waals surface area contributed by atoms with Crippen molar-refractivity contribution in [2.45, 2.75) is 26.4 Å². The molecule has 0 spiro atoms. The molecule has 1 amide bonds. The van der Waals surface area contributed by atoms with Crippen molar-refractivity contribution in [3.05, 3.63) is 77.4 Å². The maximum Gasteiger partial charge on any atom is 0.234 e. The molecule has 0 unspecified atom stereocenters. The summed E-state index contributed by atoms with van der Waals surface area (Å²) in [6.45, 7) is 4.51. The van der Waals surface area contributed by atoms with Gasteiger partial charge in [0.05, 0.1) is 25.5 Å². The lowest BCUT2D eigenvalue weighted by Crippen LogP contribution is -2.34. The van der Waals surface area contributed by atoms with Crippen molar-refractivity contribution in [1.82, 2.24) is 20.4 Å². The molecule has 1 aromatic heterocycles. The number of hydrogen-bond acceptors (Lipinski definition) is 4. The highest BCUT2D eigenvalue weighted by atomic mass is 19.1. The zero-order valence-electron chi connectivity index (χ0n) is 16.8. The maximum atomic E-state index is 13.1. The van der Waals surface area contributed by atoms with Crippen LogP contribution in [0.5, 0.6) is 5.75 Å². The van der Waals surface area contributed by atoms with Gasteiger partial charge in [-0.25, -0.2) is 9.07 Å². The highest BCUT2D eigenvalue weighted by Gasteiger charge is 2.15. The molecular weight excluding hydrogens is 371 g/mol. The summed E-state index contributed by atoms with van der Waals surface area (Å²) in [6.07, 6.45) is 1.77. The van der Waals surface area contributed by atoms with E-state index < -0.39 is 0 Å². The molecule has 0 saturated heterocycles. The molecule has 0 saturated carbocycles. The van der Waals surface area contributed by atoms with Gasteiger partial charge in [-0.3, -0.25) is 4.79 Å². The number of halogens is 1. The van der Waals surface area contributed by atoms with Crippen molar-refractivity contribution in [3.8, 4) is 11.4 Å². The van der Waals surface area contributed by atoms with E-state index in [-0.39, 0.29) is 24.3 Å². The van der Waals surface area contributed by atoms with Crippen molar-refractivity contribution in [2.75, 3.05) is 13.7 Å². The quantitative estimate of drug-likeness (QED) is 0.613. The van der Waals surface area contributed by atoms with Crippen molar-refractivity contribution in [1.29, 1.82) is 0 Å². The Bertz CT molecular complexity index is 969. The van der Waals surface area contributed by atoms with E-state index in [1.165, 1.54) is 12.1 Å². The van der Waals surface area contributed by atoms with Crippen LogP contribution in [0, 0.1) is 12.7 Å². The largest absolute Gasteiger partial charge is 0.496 e. The Morgan fingerprint density at radius 2 is 1.93 bits per heavy atom. The molecule has 3 aromatic rings. The highest BCUT2D eigenvalue weighted by molar-refractivity contribution is 5.78. The molecule has 7 heteroatoms. The Labute approximate surface area is 169 Å². The van der Waals surface area contributed by atoms with E-state index in [0.29, 0.717) is 6.54 Å². The number of nitrogens with one attached hydrogen (secondary N) is 2. The van der Waals surface area contributed by atoms with Gasteiger partial charge in [0.1, 0.15) is 11.6 Å². The lowest BCUT2D eigenvalue weighted by atomic mass is 10.1. The summed E-state index contributed by atoms with van der Waals surface area (Å²) in [6, 6.07) is 13.7. The SMILES string of the molecule is COc1ccccc1CNC(=O)CN[C@@H](C)c1cnn(-c2ccc(F)cc2)c1C. The number of nitrogens with zero attached hydrogens (tertiary/aromatic N) is 2. The second-order valence-electron chi connectivity index (χ2n) is 6.76. The summed E-state index contributed by atoms with van der Waals surface area (Å²) < 4.78 is 20.2. The first-order valence-corrected chi connectivity index (χ1v) is 9.42. The van der Waals surface area contributed by atoms with Crippen LogP contribution in [-0.4, -0.2) is 29.3 Å². The van der Waals surface area contributed by atoms with Gasteiger partial charge >= 0.3 is 0 Å². The number of benzene rings is 2. The van der Waals surface area contributed by atoms with Crippen molar-refractivity contribution < 1.29 is 13.9 Å². The van der Waals surface area contributed by atoms with Crippen LogP contribution in [0.1, 0.15) is 29.8 Å². The van der Waals surface area contributed by atoms with Crippen LogP contribution < -0.4 is 15.4 Å². The fourth-order valence-corrected chi connectivity index (χ4v) is 3.15. The molecule has 0 aliphatic heterocycles. The van der Waals surface area contributed by atoms with Crippen molar-refractivity contribution in [3.63, 3.8) is 0 Å². The van der Waals surface area contributed by atoms with Gasteiger partial charge in [-0.2, -0.15) is 5.10 Å². The predicted molar refractivity (Wildman–Crippen MR) is 110 cm³/mol. The van der Waals surface area contributed by atoms with E-state index in [9.17, 15) is 9.18 Å². The minimum atomic E-state index is -0.284. The Morgan fingerprint density at radius 1 is 1.21 bits per heavy atom. The smallest absolute Gasteiger partial charge is 0.234 e. The van der Waals surface area contributed by atoms with Crippen LogP contribution in [0.3, 0.4) is 0 Å². The third kappa shape index (κ3) is 5.00. The normalized spacial score (nSPS) is 11.9. The van der Waals surface area contributed by atoms with Crippen LogP contribution in [-0.2, 0) is 11.3 Å². The zero-order valence-corrected chi connectivity index (χ0v) is 16.8. The predicted octanol–water partition coefficient (Wildman–Crippen LogP) is 3.30. The summed E-state index contributed by atoms with van der Waals surface area (Å²) in [5, 5.41) is 10.5. The van der Waals surface area contributed by atoms with Gasteiger partial charge in [0.25, 0.3) is 0 Å².